The van der Waals surface area contributed by atoms with E-state index in [2.05, 4.69) is 0 Å². The predicted molar refractivity (Wildman–Crippen MR) is 224 cm³/mol. The van der Waals surface area contributed by atoms with Gasteiger partial charge in [0.25, 0.3) is 20.2 Å². The summed E-state index contributed by atoms with van der Waals surface area (Å²) >= 11 is 0. The number of carboxylic acid groups (broad SMARTS) is 2. The van der Waals surface area contributed by atoms with Gasteiger partial charge in [-0.3, -0.25) is 23.5 Å². The van der Waals surface area contributed by atoms with E-state index in [1.807, 2.05) is 0 Å². The number of anilines is 1. The van der Waals surface area contributed by atoms with Crippen LogP contribution >= 0.6 is 0 Å². The van der Waals surface area contributed by atoms with Crippen LogP contribution in [-0.4, -0.2) is 115 Å². The zero-order chi connectivity index (χ0) is 47.8. The minimum atomic E-state index is -5.03. The molecule has 0 spiro atoms. The molecule has 2 aromatic rings. The van der Waals surface area contributed by atoms with Gasteiger partial charge in [0.1, 0.15) is 16.7 Å². The van der Waals surface area contributed by atoms with Gasteiger partial charge < -0.3 is 30.8 Å². The second kappa shape index (κ2) is 23.6. The van der Waals surface area contributed by atoms with E-state index >= 15 is 0 Å². The Bertz CT molecular complexity index is 2890. The largest absolute Gasteiger partial charge is 1.00 e. The SMILES string of the molecule is C[C@]1(CCCCC(=O)O)C(=CC2=C([O-])C(=CC3=[N+](CCCS(=O)(=O)[O-])c4ccc(S(=O)(=O)[O-])cc4[C@@]3(C)CCCCC(=O)O)C2=O)N(CCCS(=O)(=O)O)c2ccc(S(=O)(=O)O)cc21.[H-].[Na+].[Na+].[Na+]. The van der Waals surface area contributed by atoms with Crippen LogP contribution in [0.25, 0.3) is 0 Å². The minimum Gasteiger partial charge on any atom is -1.00 e. The van der Waals surface area contributed by atoms with Crippen LogP contribution in [0.4, 0.5) is 11.4 Å². The van der Waals surface area contributed by atoms with E-state index in [4.69, 9.17) is 0 Å². The van der Waals surface area contributed by atoms with Crippen molar-refractivity contribution in [3.05, 3.63) is 82.3 Å². The summed E-state index contributed by atoms with van der Waals surface area (Å²) in [6, 6.07) is 7.04. The molecule has 2 aliphatic heterocycles. The first kappa shape index (κ1) is 61.3. The number of fused-ring (bicyclic) bond motifs is 2. The Morgan fingerprint density at radius 3 is 1.81 bits per heavy atom. The molecule has 4 N–H and O–H groups in total. The molecule has 2 atom stereocenters. The predicted octanol–water partition coefficient (Wildman–Crippen LogP) is -6.39. The van der Waals surface area contributed by atoms with Gasteiger partial charge in [-0.05, 0) is 87.9 Å². The van der Waals surface area contributed by atoms with Crippen LogP contribution in [0.1, 0.15) is 90.6 Å². The molecule has 3 aliphatic rings. The van der Waals surface area contributed by atoms with E-state index < -0.39 is 102 Å². The van der Waals surface area contributed by atoms with Crippen molar-refractivity contribution in [2.24, 2.45) is 0 Å². The number of hydrogen-bond donors (Lipinski definition) is 4. The third-order valence-corrected chi connectivity index (χ3v) is 15.0. The molecule has 0 aromatic heterocycles. The number of carbonyl (C=O) groups excluding carboxylic acids is 1. The monoisotopic (exact) mass is 1040 g/mol. The summed E-state index contributed by atoms with van der Waals surface area (Å²) in [4.78, 5) is 37.4. The van der Waals surface area contributed by atoms with Crippen molar-refractivity contribution in [1.29, 1.82) is 0 Å². The Balaban J connectivity index is 0.00000578. The Morgan fingerprint density at radius 2 is 1.30 bits per heavy atom. The topological polar surface area (TPSA) is 344 Å². The fourth-order valence-corrected chi connectivity index (χ4v) is 10.6. The van der Waals surface area contributed by atoms with Crippen molar-refractivity contribution in [2.75, 3.05) is 29.5 Å². The normalized spacial score (nSPS) is 20.5. The van der Waals surface area contributed by atoms with Crippen LogP contribution in [0, 0.1) is 0 Å². The maximum Gasteiger partial charge on any atom is 1.00 e. The van der Waals surface area contributed by atoms with Crippen molar-refractivity contribution >= 4 is 75.3 Å². The molecule has 5 rings (SSSR count). The molecular formula is C40H47N2Na3O18S4. The summed E-state index contributed by atoms with van der Waals surface area (Å²) < 4.78 is 140. The van der Waals surface area contributed by atoms with Crippen LogP contribution in [-0.2, 0) is 65.7 Å². The molecule has 0 radical (unpaired) electrons. The van der Waals surface area contributed by atoms with E-state index in [-0.39, 0.29) is 201 Å². The van der Waals surface area contributed by atoms with Crippen molar-refractivity contribution in [3.63, 3.8) is 0 Å². The summed E-state index contributed by atoms with van der Waals surface area (Å²) in [6.07, 6.45) is 2.46. The van der Waals surface area contributed by atoms with Gasteiger partial charge in [-0.1, -0.05) is 18.6 Å². The molecule has 67 heavy (non-hydrogen) atoms. The van der Waals surface area contributed by atoms with Gasteiger partial charge in [0, 0.05) is 77.2 Å². The Kier molecular flexibility index (Phi) is 21.6. The molecule has 20 nitrogen and oxygen atoms in total. The van der Waals surface area contributed by atoms with E-state index in [9.17, 15) is 81.6 Å². The summed E-state index contributed by atoms with van der Waals surface area (Å²) in [7, 11) is -19.0. The molecule has 0 fully saturated rings. The van der Waals surface area contributed by atoms with Gasteiger partial charge in [0.15, 0.2) is 11.5 Å². The maximum atomic E-state index is 14.2. The van der Waals surface area contributed by atoms with Crippen LogP contribution in [0.15, 0.2) is 80.9 Å². The molecule has 2 heterocycles. The fourth-order valence-electron chi connectivity index (χ4n) is 8.60. The molecule has 352 valence electrons. The Labute approximate surface area is 457 Å². The minimum absolute atomic E-state index is 0. The van der Waals surface area contributed by atoms with Crippen molar-refractivity contribution in [2.45, 2.75) is 98.7 Å². The van der Waals surface area contributed by atoms with Gasteiger partial charge in [-0.25, -0.2) is 16.8 Å². The quantitative estimate of drug-likeness (QED) is 0.0280. The van der Waals surface area contributed by atoms with Gasteiger partial charge in [0.2, 0.25) is 5.69 Å². The van der Waals surface area contributed by atoms with Crippen LogP contribution in [0.2, 0.25) is 0 Å². The molecule has 0 saturated carbocycles. The van der Waals surface area contributed by atoms with Gasteiger partial charge >= 0.3 is 101 Å². The van der Waals surface area contributed by atoms with Crippen molar-refractivity contribution in [1.82, 2.24) is 0 Å². The fraction of sp³-hybridized carbons (Fsp3) is 0.450. The number of carboxylic acids is 2. The summed E-state index contributed by atoms with van der Waals surface area (Å²) in [6.45, 7) is 2.89. The molecule has 0 unspecified atom stereocenters. The Morgan fingerprint density at radius 1 is 0.746 bits per heavy atom. The standard InChI is InChI=1S/C40H48N2O18S4.3Na.H/c1-39(15-5-3-9-35(43)44)29-21-25(63(55,56)57)11-13-31(29)41(17-7-19-61(49,50)51)33(39)23-27-37(47)28(38(27)48)24-34-40(2,16-6-4-10-36(45)46)30-22-26(64(58,59)60)12-14-32(30)42(34)18-8-20-62(52,53)54;;;;/h11-14,21-24H,3-10,15-20H2,1-2H3,(H6-,43,44,45,46,47,48,49,50,51,52,53,54,55,56,57,58,59,60);;;;/q;3*+1;-1/p-2/t39-,40-;;;;/m1..../s1. The molecule has 1 aliphatic carbocycles. The van der Waals surface area contributed by atoms with E-state index in [0.717, 1.165) is 18.2 Å². The first-order chi connectivity index (χ1) is 29.5. The number of aliphatic carboxylic acids is 2. The molecule has 2 aromatic carbocycles. The second-order valence-corrected chi connectivity index (χ2v) is 22.2. The summed E-state index contributed by atoms with van der Waals surface area (Å²) in [5.74, 6) is -5.35. The summed E-state index contributed by atoms with van der Waals surface area (Å²) in [5, 5.41) is 32.8. The Hall–Kier alpha value is -1.82. The van der Waals surface area contributed by atoms with Gasteiger partial charge in [-0.15, -0.1) is 0 Å². The number of unbranched alkanes of at least 4 members (excludes halogenated alkanes) is 2. The van der Waals surface area contributed by atoms with Gasteiger partial charge in [-0.2, -0.15) is 21.4 Å². The maximum absolute atomic E-state index is 14.2. The smallest absolute Gasteiger partial charge is 1.00 e. The number of nitrogens with zero attached hydrogens (tertiary/aromatic N) is 2. The number of allylic oxidation sites excluding steroid dienone is 5. The van der Waals surface area contributed by atoms with E-state index in [1.165, 1.54) is 39.8 Å². The average Bonchev–Trinajstić information content (AvgIpc) is 3.54. The van der Waals surface area contributed by atoms with Crippen molar-refractivity contribution < 1.29 is 176 Å². The van der Waals surface area contributed by atoms with Crippen molar-refractivity contribution in [3.8, 4) is 0 Å². The van der Waals surface area contributed by atoms with E-state index in [0.29, 0.717) is 5.69 Å². The van der Waals surface area contributed by atoms with Crippen LogP contribution in [0.5, 0.6) is 0 Å². The summed E-state index contributed by atoms with van der Waals surface area (Å²) in [5.41, 5.74) is -1.96. The first-order valence-corrected chi connectivity index (χ1v) is 25.9. The number of rotatable bonds is 22. The number of benzene rings is 2. The molecule has 0 amide bonds. The average molecular weight is 1040 g/mol. The third kappa shape index (κ3) is 14.6. The molecule has 27 heteroatoms. The first-order valence-electron chi connectivity index (χ1n) is 19.9. The zero-order valence-corrected chi connectivity index (χ0v) is 46.8. The van der Waals surface area contributed by atoms with Crippen LogP contribution in [0.3, 0.4) is 0 Å². The third-order valence-electron chi connectivity index (χ3n) is 11.7. The number of carbonyl (C=O) groups is 3. The zero-order valence-electron chi connectivity index (χ0n) is 38.6. The van der Waals surface area contributed by atoms with Gasteiger partial charge in [0.05, 0.1) is 31.1 Å². The van der Waals surface area contributed by atoms with Crippen LogP contribution < -0.4 is 98.7 Å². The second-order valence-electron chi connectivity index (χ2n) is 16.3. The molecule has 0 saturated heterocycles. The number of ketones is 1. The molecule has 0 bridgehead atoms. The number of hydrogen-bond acceptors (Lipinski definition) is 15. The van der Waals surface area contributed by atoms with E-state index in [1.54, 1.807) is 13.8 Å². The molecular weight excluding hydrogens is 994 g/mol. The number of Topliss-reactive ketones (excluding diaryl/α,β-unsaturated/α-hetero) is 1.